The number of anilines is 1. The van der Waals surface area contributed by atoms with Crippen LogP contribution in [-0.2, 0) is 15.7 Å². The van der Waals surface area contributed by atoms with Crippen LogP contribution in [-0.4, -0.2) is 48.4 Å². The summed E-state index contributed by atoms with van der Waals surface area (Å²) in [5.74, 6) is 0.504. The Kier molecular flexibility index (Phi) is 7.64. The van der Waals surface area contributed by atoms with Gasteiger partial charge in [0.15, 0.2) is 11.5 Å². The maximum atomic E-state index is 12.5. The first-order valence-corrected chi connectivity index (χ1v) is 8.30. The minimum absolute atomic E-state index is 0.0821. The van der Waals surface area contributed by atoms with Crippen LogP contribution in [0, 0.1) is 3.57 Å². The molecule has 10 heteroatoms. The van der Waals surface area contributed by atoms with Gasteiger partial charge in [0, 0.05) is 29.7 Å². The monoisotopic (exact) mass is 460 g/mol. The molecule has 1 aliphatic rings. The van der Waals surface area contributed by atoms with E-state index in [0.717, 1.165) is 26.2 Å². The minimum Gasteiger partial charge on any atom is -0.462 e. The molecule has 1 fully saturated rings. The van der Waals surface area contributed by atoms with Crippen molar-refractivity contribution in [3.05, 3.63) is 15.3 Å². The van der Waals surface area contributed by atoms with Crippen LogP contribution in [0.1, 0.15) is 26.5 Å². The Balaban J connectivity index is 0.000000351. The second kappa shape index (κ2) is 8.79. The highest BCUT2D eigenvalue weighted by atomic mass is 127. The number of nitrogens with one attached hydrogen (secondary N) is 1. The largest absolute Gasteiger partial charge is 0.462 e. The third-order valence-corrected chi connectivity index (χ3v) is 3.67. The van der Waals surface area contributed by atoms with Crippen molar-refractivity contribution in [1.82, 2.24) is 15.5 Å². The van der Waals surface area contributed by atoms with Crippen LogP contribution in [0.3, 0.4) is 0 Å². The third kappa shape index (κ3) is 7.16. The molecule has 2 rings (SSSR count). The normalized spacial score (nSPS) is 15.4. The summed E-state index contributed by atoms with van der Waals surface area (Å²) >= 11 is 1.64. The van der Waals surface area contributed by atoms with E-state index >= 15 is 0 Å². The summed E-state index contributed by atoms with van der Waals surface area (Å²) in [6.45, 7) is 9.00. The number of hydrogen-bond donors (Lipinski definition) is 1. The molecule has 1 saturated heterocycles. The van der Waals surface area contributed by atoms with Gasteiger partial charge >= 0.3 is 6.18 Å². The molecule has 2 heterocycles. The average molecular weight is 460 g/mol. The van der Waals surface area contributed by atoms with E-state index in [0.29, 0.717) is 12.3 Å². The Labute approximate surface area is 152 Å². The minimum atomic E-state index is -4.44. The van der Waals surface area contributed by atoms with E-state index in [2.05, 4.69) is 20.3 Å². The summed E-state index contributed by atoms with van der Waals surface area (Å²) in [6, 6.07) is 1.43. The fraction of sp³-hybridized carbons (Fsp3) is 0.643. The lowest BCUT2D eigenvalue weighted by atomic mass is 10.2. The lowest BCUT2D eigenvalue weighted by molar-refractivity contribution is -0.142. The Morgan fingerprint density at radius 1 is 1.25 bits per heavy atom. The van der Waals surface area contributed by atoms with Crippen LogP contribution in [0.25, 0.3) is 0 Å². The molecule has 1 aromatic heterocycles. The zero-order valence-electron chi connectivity index (χ0n) is 13.7. The standard InChI is InChI=1S/C9H10F3IN4.C5H10O2/c10-9(11,12)8-6(13)5-7(15-16-8)17-3-1-14-2-4-17;1-5(2,3)7-4-6/h5,14H,1-4H2;4H,1-3H3. The molecule has 0 aliphatic carbocycles. The number of nitrogens with zero attached hydrogens (tertiary/aromatic N) is 3. The first kappa shape index (κ1) is 20.9. The van der Waals surface area contributed by atoms with Gasteiger partial charge in [-0.1, -0.05) is 0 Å². The fourth-order valence-electron chi connectivity index (χ4n) is 1.74. The van der Waals surface area contributed by atoms with Gasteiger partial charge in [0.05, 0.1) is 0 Å². The molecule has 0 amide bonds. The molecule has 1 aromatic rings. The quantitative estimate of drug-likeness (QED) is 0.541. The maximum absolute atomic E-state index is 12.5. The molecule has 0 saturated carbocycles. The second-order valence-corrected chi connectivity index (χ2v) is 7.12. The van der Waals surface area contributed by atoms with Gasteiger partial charge in [0.25, 0.3) is 6.47 Å². The maximum Gasteiger partial charge on any atom is 0.436 e. The molecule has 0 atom stereocenters. The number of ether oxygens (including phenoxy) is 1. The van der Waals surface area contributed by atoms with Crippen LogP contribution >= 0.6 is 22.6 Å². The number of piperazine rings is 1. The molecule has 6 nitrogen and oxygen atoms in total. The Hall–Kier alpha value is -1.17. The number of rotatable bonds is 2. The Bertz CT molecular complexity index is 544. The summed E-state index contributed by atoms with van der Waals surface area (Å²) in [5.41, 5.74) is -1.24. The molecule has 0 spiro atoms. The number of alkyl halides is 3. The van der Waals surface area contributed by atoms with Gasteiger partial charge in [-0.15, -0.1) is 10.2 Å². The number of carbonyl (C=O) groups is 1. The molecule has 24 heavy (non-hydrogen) atoms. The van der Waals surface area contributed by atoms with Crippen molar-refractivity contribution >= 4 is 34.9 Å². The predicted molar refractivity (Wildman–Crippen MR) is 91.7 cm³/mol. The van der Waals surface area contributed by atoms with E-state index in [9.17, 15) is 18.0 Å². The molecule has 0 radical (unpaired) electrons. The predicted octanol–water partition coefficient (Wildman–Crippen LogP) is 2.47. The van der Waals surface area contributed by atoms with Gasteiger partial charge in [-0.3, -0.25) is 4.79 Å². The first-order chi connectivity index (χ1) is 11.0. The summed E-state index contributed by atoms with van der Waals surface area (Å²) in [6.07, 6.45) is -4.44. The molecule has 1 aliphatic heterocycles. The molecule has 0 bridgehead atoms. The van der Waals surface area contributed by atoms with Gasteiger partial charge in [0.2, 0.25) is 0 Å². The Morgan fingerprint density at radius 2 is 1.83 bits per heavy atom. The fourth-order valence-corrected chi connectivity index (χ4v) is 2.44. The van der Waals surface area contributed by atoms with Gasteiger partial charge in [-0.05, 0) is 49.4 Å². The highest BCUT2D eigenvalue weighted by molar-refractivity contribution is 14.1. The number of hydrogen-bond acceptors (Lipinski definition) is 6. The van der Waals surface area contributed by atoms with Gasteiger partial charge in [-0.2, -0.15) is 13.2 Å². The van der Waals surface area contributed by atoms with E-state index in [4.69, 9.17) is 0 Å². The van der Waals surface area contributed by atoms with Crippen LogP contribution in [0.15, 0.2) is 6.07 Å². The molecular weight excluding hydrogens is 440 g/mol. The zero-order valence-corrected chi connectivity index (χ0v) is 15.8. The highest BCUT2D eigenvalue weighted by Gasteiger charge is 2.36. The number of aromatic nitrogens is 2. The molecular formula is C14H20F3IN4O2. The van der Waals surface area contributed by atoms with Crippen molar-refractivity contribution in [1.29, 1.82) is 0 Å². The van der Waals surface area contributed by atoms with Crippen molar-refractivity contribution < 1.29 is 22.7 Å². The van der Waals surface area contributed by atoms with E-state index in [1.807, 2.05) is 25.7 Å². The lowest BCUT2D eigenvalue weighted by Gasteiger charge is -2.28. The molecule has 1 N–H and O–H groups in total. The van der Waals surface area contributed by atoms with Crippen LogP contribution < -0.4 is 10.2 Å². The zero-order chi connectivity index (χ0) is 18.4. The van der Waals surface area contributed by atoms with Crippen molar-refractivity contribution in [3.63, 3.8) is 0 Å². The highest BCUT2D eigenvalue weighted by Crippen LogP contribution is 2.31. The van der Waals surface area contributed by atoms with Crippen molar-refractivity contribution in [2.24, 2.45) is 0 Å². The van der Waals surface area contributed by atoms with Crippen LogP contribution in [0.2, 0.25) is 0 Å². The molecule has 0 aromatic carbocycles. The number of halogens is 4. The average Bonchev–Trinajstić information content (AvgIpc) is 2.46. The van der Waals surface area contributed by atoms with Crippen molar-refractivity contribution in [2.45, 2.75) is 32.5 Å². The summed E-state index contributed by atoms with van der Waals surface area (Å²) < 4.78 is 42.1. The summed E-state index contributed by atoms with van der Waals surface area (Å²) in [5, 5.41) is 10.1. The second-order valence-electron chi connectivity index (χ2n) is 5.96. The summed E-state index contributed by atoms with van der Waals surface area (Å²) in [4.78, 5) is 11.5. The molecule has 0 unspecified atom stereocenters. The first-order valence-electron chi connectivity index (χ1n) is 7.22. The topological polar surface area (TPSA) is 67.3 Å². The van der Waals surface area contributed by atoms with Gasteiger partial charge in [0.1, 0.15) is 5.60 Å². The van der Waals surface area contributed by atoms with Gasteiger partial charge in [-0.25, -0.2) is 0 Å². The van der Waals surface area contributed by atoms with Crippen molar-refractivity contribution in [2.75, 3.05) is 31.1 Å². The lowest BCUT2D eigenvalue weighted by Crippen LogP contribution is -2.44. The van der Waals surface area contributed by atoms with Crippen LogP contribution in [0.4, 0.5) is 19.0 Å². The van der Waals surface area contributed by atoms with E-state index in [-0.39, 0.29) is 9.17 Å². The van der Waals surface area contributed by atoms with Crippen molar-refractivity contribution in [3.8, 4) is 0 Å². The molecule has 136 valence electrons. The van der Waals surface area contributed by atoms with E-state index in [1.165, 1.54) is 6.07 Å². The van der Waals surface area contributed by atoms with E-state index < -0.39 is 11.9 Å². The van der Waals surface area contributed by atoms with Gasteiger partial charge < -0.3 is 15.0 Å². The smallest absolute Gasteiger partial charge is 0.436 e. The number of carbonyl (C=O) groups excluding carboxylic acids is 1. The van der Waals surface area contributed by atoms with Crippen LogP contribution in [0.5, 0.6) is 0 Å². The third-order valence-electron chi connectivity index (χ3n) is 2.85. The Morgan fingerprint density at radius 3 is 2.21 bits per heavy atom. The SMILES string of the molecule is CC(C)(C)OC=O.FC(F)(F)c1nnc(N2CCNCC2)cc1I. The summed E-state index contributed by atoms with van der Waals surface area (Å²) in [7, 11) is 0. The van der Waals surface area contributed by atoms with E-state index in [1.54, 1.807) is 22.6 Å².